The van der Waals surface area contributed by atoms with Crippen molar-refractivity contribution in [2.24, 2.45) is 0 Å². The molecule has 1 aromatic heterocycles. The van der Waals surface area contributed by atoms with Crippen molar-refractivity contribution in [3.05, 3.63) is 56.9 Å². The van der Waals surface area contributed by atoms with Gasteiger partial charge in [-0.2, -0.15) is 0 Å². The van der Waals surface area contributed by atoms with E-state index in [-0.39, 0.29) is 23.8 Å². The van der Waals surface area contributed by atoms with Gasteiger partial charge >= 0.3 is 0 Å². The fourth-order valence-electron chi connectivity index (χ4n) is 2.56. The van der Waals surface area contributed by atoms with Gasteiger partial charge in [0, 0.05) is 29.3 Å². The number of rotatable bonds is 3. The van der Waals surface area contributed by atoms with Crippen LogP contribution in [0.4, 0.5) is 5.69 Å². The molecule has 1 aromatic carbocycles. The van der Waals surface area contributed by atoms with Crippen molar-refractivity contribution in [1.82, 2.24) is 4.57 Å². The lowest BCUT2D eigenvalue weighted by molar-refractivity contribution is -0.125. The average Bonchev–Trinajstić information content (AvgIpc) is 2.56. The van der Waals surface area contributed by atoms with Gasteiger partial charge in [-0.25, -0.2) is 0 Å². The Balaban J connectivity index is 1.91. The molecule has 0 spiro atoms. The first kappa shape index (κ1) is 16.4. The highest BCUT2D eigenvalue weighted by atomic mass is 79.9. The van der Waals surface area contributed by atoms with Crippen LogP contribution in [0, 0.1) is 0 Å². The first-order valence-electron chi connectivity index (χ1n) is 7.34. The molecule has 0 N–H and O–H groups in total. The van der Waals surface area contributed by atoms with Crippen LogP contribution in [0.25, 0.3) is 0 Å². The van der Waals surface area contributed by atoms with Gasteiger partial charge in [0.25, 0.3) is 11.5 Å². The number of ketones is 1. The van der Waals surface area contributed by atoms with E-state index < -0.39 is 6.10 Å². The number of hydrogen-bond donors (Lipinski definition) is 0. The van der Waals surface area contributed by atoms with E-state index in [0.717, 1.165) is 0 Å². The second-order valence-corrected chi connectivity index (χ2v) is 6.49. The molecular formula is C17H15BrN2O4. The van der Waals surface area contributed by atoms with Gasteiger partial charge in [0.2, 0.25) is 0 Å². The third-order valence-electron chi connectivity index (χ3n) is 3.89. The largest absolute Gasteiger partial charge is 0.479 e. The Morgan fingerprint density at radius 2 is 2.00 bits per heavy atom. The van der Waals surface area contributed by atoms with Crippen molar-refractivity contribution in [2.45, 2.75) is 19.6 Å². The highest BCUT2D eigenvalue weighted by Crippen LogP contribution is 2.34. The molecule has 0 saturated carbocycles. The zero-order chi connectivity index (χ0) is 17.4. The molecule has 24 heavy (non-hydrogen) atoms. The van der Waals surface area contributed by atoms with Crippen LogP contribution in [0.3, 0.4) is 0 Å². The fourth-order valence-corrected chi connectivity index (χ4v) is 2.94. The normalized spacial score (nSPS) is 16.5. The molecule has 0 fully saturated rings. The van der Waals surface area contributed by atoms with E-state index in [1.807, 2.05) is 0 Å². The van der Waals surface area contributed by atoms with E-state index in [2.05, 4.69) is 15.9 Å². The molecule has 1 aliphatic heterocycles. The topological polar surface area (TPSA) is 68.6 Å². The summed E-state index contributed by atoms with van der Waals surface area (Å²) in [5, 5.41) is 0. The number of ether oxygens (including phenoxy) is 1. The number of carbonyl (C=O) groups is 2. The monoisotopic (exact) mass is 390 g/mol. The Labute approximate surface area is 146 Å². The van der Waals surface area contributed by atoms with Crippen LogP contribution in [-0.2, 0) is 11.3 Å². The van der Waals surface area contributed by atoms with Crippen LogP contribution in [0.2, 0.25) is 0 Å². The Bertz CT molecular complexity index is 890. The number of carbonyl (C=O) groups excluding carboxylic acids is 2. The van der Waals surface area contributed by atoms with Crippen molar-refractivity contribution in [2.75, 3.05) is 11.9 Å². The summed E-state index contributed by atoms with van der Waals surface area (Å²) in [6, 6.07) is 7.95. The lowest BCUT2D eigenvalue weighted by Gasteiger charge is -2.30. The highest BCUT2D eigenvalue weighted by Gasteiger charge is 2.29. The average molecular weight is 391 g/mol. The van der Waals surface area contributed by atoms with Crippen molar-refractivity contribution in [3.8, 4) is 5.75 Å². The van der Waals surface area contributed by atoms with Gasteiger partial charge in [-0.3, -0.25) is 14.4 Å². The van der Waals surface area contributed by atoms with Crippen molar-refractivity contribution in [1.29, 1.82) is 0 Å². The van der Waals surface area contributed by atoms with Gasteiger partial charge in [-0.15, -0.1) is 0 Å². The summed E-state index contributed by atoms with van der Waals surface area (Å²) in [5.41, 5.74) is 0.706. The van der Waals surface area contributed by atoms with Crippen molar-refractivity contribution in [3.63, 3.8) is 0 Å². The first-order chi connectivity index (χ1) is 11.4. The Kier molecular flexibility index (Phi) is 4.28. The van der Waals surface area contributed by atoms with Gasteiger partial charge in [0.15, 0.2) is 11.9 Å². The Morgan fingerprint density at radius 3 is 2.75 bits per heavy atom. The Hall–Kier alpha value is -2.41. The second kappa shape index (κ2) is 6.24. The summed E-state index contributed by atoms with van der Waals surface area (Å²) in [7, 11) is 1.65. The summed E-state index contributed by atoms with van der Waals surface area (Å²) >= 11 is 3.28. The third-order valence-corrected chi connectivity index (χ3v) is 4.35. The molecule has 1 atom stereocenters. The number of likely N-dealkylation sites (N-methyl/N-ethyl adjacent to an activating group) is 1. The summed E-state index contributed by atoms with van der Waals surface area (Å²) in [6.45, 7) is 1.60. The first-order valence-corrected chi connectivity index (χ1v) is 8.13. The number of amides is 1. The van der Waals surface area contributed by atoms with E-state index in [9.17, 15) is 14.4 Å². The minimum atomic E-state index is -0.552. The van der Waals surface area contributed by atoms with E-state index in [0.29, 0.717) is 21.5 Å². The molecule has 1 unspecified atom stereocenters. The molecule has 124 valence electrons. The van der Waals surface area contributed by atoms with Crippen LogP contribution in [0.5, 0.6) is 5.75 Å². The van der Waals surface area contributed by atoms with Crippen LogP contribution in [-0.4, -0.2) is 29.4 Å². The summed E-state index contributed by atoms with van der Waals surface area (Å²) < 4.78 is 7.59. The molecular weight excluding hydrogens is 376 g/mol. The summed E-state index contributed by atoms with van der Waals surface area (Å²) in [6.07, 6.45) is 1.02. The zero-order valence-corrected chi connectivity index (χ0v) is 14.7. The maximum Gasteiger partial charge on any atom is 0.267 e. The number of anilines is 1. The molecule has 2 aromatic rings. The van der Waals surface area contributed by atoms with Crippen LogP contribution in [0.1, 0.15) is 17.3 Å². The lowest BCUT2D eigenvalue weighted by atomic mass is 10.1. The smallest absolute Gasteiger partial charge is 0.267 e. The number of benzene rings is 1. The molecule has 0 bridgehead atoms. The fraction of sp³-hybridized carbons (Fsp3) is 0.235. The van der Waals surface area contributed by atoms with E-state index in [4.69, 9.17) is 4.74 Å². The van der Waals surface area contributed by atoms with E-state index in [1.165, 1.54) is 15.5 Å². The maximum atomic E-state index is 12.5. The number of hydrogen-bond acceptors (Lipinski definition) is 4. The molecule has 2 heterocycles. The molecule has 0 saturated heterocycles. The maximum absolute atomic E-state index is 12.5. The lowest BCUT2D eigenvalue weighted by Crippen LogP contribution is -2.42. The minimum absolute atomic E-state index is 0.0774. The Morgan fingerprint density at radius 1 is 1.25 bits per heavy atom. The number of pyridine rings is 1. The molecule has 0 radical (unpaired) electrons. The van der Waals surface area contributed by atoms with E-state index >= 15 is 0 Å². The van der Waals surface area contributed by atoms with Gasteiger partial charge < -0.3 is 14.2 Å². The van der Waals surface area contributed by atoms with Gasteiger partial charge in [0.1, 0.15) is 5.75 Å². The van der Waals surface area contributed by atoms with Gasteiger partial charge in [-0.1, -0.05) is 0 Å². The zero-order valence-electron chi connectivity index (χ0n) is 13.2. The summed E-state index contributed by atoms with van der Waals surface area (Å²) in [5.74, 6) is 0.161. The van der Waals surface area contributed by atoms with Crippen LogP contribution < -0.4 is 15.2 Å². The number of halogens is 1. The number of Topliss-reactive ketones (excluding diaryl/α,β-unsaturated/α-hetero) is 1. The standard InChI is InChI=1S/C17H15BrN2O4/c1-10-17(23)19(2)13-7-11(3-5-15(13)24-10)14(21)9-20-8-12(18)4-6-16(20)22/h3-8,10H,9H2,1-2H3. The SMILES string of the molecule is CC1Oc2ccc(C(=O)Cn3cc(Br)ccc3=O)cc2N(C)C1=O. The number of aromatic nitrogens is 1. The highest BCUT2D eigenvalue weighted by molar-refractivity contribution is 9.10. The number of nitrogens with zero attached hydrogens (tertiary/aromatic N) is 2. The van der Waals surface area contributed by atoms with Gasteiger partial charge in [0.05, 0.1) is 12.2 Å². The molecule has 0 aliphatic carbocycles. The third kappa shape index (κ3) is 2.99. The predicted octanol–water partition coefficient (Wildman–Crippen LogP) is 2.24. The number of fused-ring (bicyclic) bond motifs is 1. The summed E-state index contributed by atoms with van der Waals surface area (Å²) in [4.78, 5) is 37.8. The van der Waals surface area contributed by atoms with Crippen molar-refractivity contribution >= 4 is 33.3 Å². The molecule has 6 nitrogen and oxygen atoms in total. The quantitative estimate of drug-likeness (QED) is 0.753. The van der Waals surface area contributed by atoms with E-state index in [1.54, 1.807) is 44.4 Å². The van der Waals surface area contributed by atoms with Crippen LogP contribution >= 0.6 is 15.9 Å². The van der Waals surface area contributed by atoms with Crippen molar-refractivity contribution < 1.29 is 14.3 Å². The molecule has 3 rings (SSSR count). The minimum Gasteiger partial charge on any atom is -0.479 e. The van der Waals surface area contributed by atoms with Crippen LogP contribution in [0.15, 0.2) is 45.8 Å². The van der Waals surface area contributed by atoms with Gasteiger partial charge in [-0.05, 0) is 47.1 Å². The molecule has 1 aliphatic rings. The predicted molar refractivity (Wildman–Crippen MR) is 92.7 cm³/mol. The molecule has 7 heteroatoms. The molecule has 1 amide bonds. The second-order valence-electron chi connectivity index (χ2n) is 5.58.